The van der Waals surface area contributed by atoms with Gasteiger partial charge in [0.15, 0.2) is 13.1 Å². The Hall–Kier alpha value is -4.96. The number of allylic oxidation sites excluding steroid dienone is 3. The van der Waals surface area contributed by atoms with Crippen LogP contribution in [0, 0.1) is 0 Å². The SMILES string of the molecule is COCCOCCOCCOCC[N+](CCOCCOCCOCCOC)=c1ccc2c(C(C)(C)C)cc(/C=C/C=C3/N(CCCS(=O)(=O)[O-])c4ccc(S(=O)(=O)[O-])cc4C3(C)CCCC(=O)ON3C(=O)CCC3=O)oc-2c1. The van der Waals surface area contributed by atoms with Gasteiger partial charge < -0.3 is 61.2 Å². The minimum Gasteiger partial charge on any atom is -0.748 e. The number of amides is 2. The third-order valence-electron chi connectivity index (χ3n) is 12.9. The van der Waals surface area contributed by atoms with E-state index >= 15 is 0 Å². The molecule has 0 saturated carbocycles. The molecule has 0 aromatic heterocycles. The molecule has 1 aromatic carbocycles. The van der Waals surface area contributed by atoms with Crippen LogP contribution in [0.15, 0.2) is 69.6 Å². The molecule has 22 nitrogen and oxygen atoms in total. The summed E-state index contributed by atoms with van der Waals surface area (Å²) in [6.07, 6.45) is 5.01. The van der Waals surface area contributed by atoms with E-state index in [-0.39, 0.29) is 50.5 Å². The molecule has 2 amide bonds. The Morgan fingerprint density at radius 1 is 0.744 bits per heavy atom. The van der Waals surface area contributed by atoms with Gasteiger partial charge in [-0.15, -0.1) is 5.06 Å². The van der Waals surface area contributed by atoms with Gasteiger partial charge in [0.1, 0.15) is 34.9 Å². The molecule has 1 aromatic rings. The second-order valence-electron chi connectivity index (χ2n) is 19.7. The zero-order chi connectivity index (χ0) is 56.8. The van der Waals surface area contributed by atoms with Crippen LogP contribution >= 0.6 is 0 Å². The first-order valence-electron chi connectivity index (χ1n) is 26.0. The summed E-state index contributed by atoms with van der Waals surface area (Å²) in [5.41, 5.74) is 1.80. The lowest BCUT2D eigenvalue weighted by molar-refractivity contribution is -0.197. The van der Waals surface area contributed by atoms with E-state index in [2.05, 4.69) is 25.3 Å². The lowest BCUT2D eigenvalue weighted by Crippen LogP contribution is -2.36. The second kappa shape index (κ2) is 31.1. The summed E-state index contributed by atoms with van der Waals surface area (Å²) in [6.45, 7) is 15.3. The molecule has 0 N–H and O–H groups in total. The molecular weight excluding hydrogens is 1060 g/mol. The number of carbonyl (C=O) groups excluding carboxylic acids is 3. The van der Waals surface area contributed by atoms with Crippen LogP contribution in [0.3, 0.4) is 0 Å². The number of fused-ring (bicyclic) bond motifs is 2. The zero-order valence-electron chi connectivity index (χ0n) is 45.7. The van der Waals surface area contributed by atoms with Crippen molar-refractivity contribution in [2.45, 2.75) is 81.9 Å². The molecule has 0 spiro atoms. The second-order valence-corrected chi connectivity index (χ2v) is 22.6. The maximum absolute atomic E-state index is 13.0. The molecule has 4 aliphatic rings. The Balaban J connectivity index is 1.46. The van der Waals surface area contributed by atoms with Gasteiger partial charge >= 0.3 is 5.97 Å². The van der Waals surface area contributed by atoms with E-state index in [0.29, 0.717) is 139 Å². The van der Waals surface area contributed by atoms with Gasteiger partial charge in [0.25, 0.3) is 11.8 Å². The van der Waals surface area contributed by atoms with Gasteiger partial charge in [-0.2, -0.15) is 0 Å². The predicted molar refractivity (Wildman–Crippen MR) is 284 cm³/mol. The molecule has 5 rings (SSSR count). The van der Waals surface area contributed by atoms with E-state index in [1.807, 2.05) is 24.3 Å². The first-order valence-corrected chi connectivity index (χ1v) is 29.0. The van der Waals surface area contributed by atoms with E-state index in [0.717, 1.165) is 22.6 Å². The van der Waals surface area contributed by atoms with Gasteiger partial charge in [-0.05, 0) is 85.2 Å². The minimum atomic E-state index is -4.94. The first-order chi connectivity index (χ1) is 37.2. The Morgan fingerprint density at radius 3 is 1.82 bits per heavy atom. The standard InChI is InChI=1S/C54H77N3O19S2/c1-53(2,3)45-39-42(75-48-38-41(13-15-44(45)48)55(21-23-69-29-31-73-35-33-71-27-25-67-5)22-24-70-30-32-74-36-34-72-28-26-68-6)10-7-11-49-54(4,19-8-12-52(60)76-57-50(58)17-18-51(57)59)46-40-43(78(64,65)66)14-16-47(46)56(49)20-9-37-77(61,62)63/h7,10-11,13-16,38-40H,8-9,12,17-37H2,1-6H3,(H-,61,62,63,64,65,66)/p-1. The van der Waals surface area contributed by atoms with Crippen molar-refractivity contribution in [3.05, 3.63) is 82.6 Å². The number of hydroxylamine groups is 2. The van der Waals surface area contributed by atoms with Gasteiger partial charge in [0, 0.05) is 74.2 Å². The fraction of sp³-hybridized carbons (Fsp3) is 0.593. The van der Waals surface area contributed by atoms with Crippen LogP contribution in [-0.2, 0) is 88.2 Å². The molecule has 0 radical (unpaired) electrons. The normalized spacial score (nSPS) is 16.6. The van der Waals surface area contributed by atoms with E-state index in [4.69, 9.17) is 47.1 Å². The predicted octanol–water partition coefficient (Wildman–Crippen LogP) is 4.14. The molecule has 3 aliphatic heterocycles. The summed E-state index contributed by atoms with van der Waals surface area (Å²) in [7, 11) is -6.32. The highest BCUT2D eigenvalue weighted by Gasteiger charge is 2.44. The average Bonchev–Trinajstić information content (AvgIpc) is 3.98. The Bertz CT molecular complexity index is 2730. The van der Waals surface area contributed by atoms with E-state index in [1.165, 1.54) is 12.1 Å². The maximum Gasteiger partial charge on any atom is 0.333 e. The van der Waals surface area contributed by atoms with E-state index in [1.54, 1.807) is 44.3 Å². The topological polar surface area (TPSA) is 271 Å². The number of nitrogens with zero attached hydrogens (tertiary/aromatic N) is 3. The summed E-state index contributed by atoms with van der Waals surface area (Å²) in [5.74, 6) is -1.72. The highest BCUT2D eigenvalue weighted by atomic mass is 32.2. The molecular formula is C54H76N3O19S2-. The molecule has 1 unspecified atom stereocenters. The molecule has 1 atom stereocenters. The number of imide groups is 1. The average molecular weight is 1140 g/mol. The summed E-state index contributed by atoms with van der Waals surface area (Å²) in [4.78, 5) is 43.6. The third-order valence-corrected chi connectivity index (χ3v) is 14.5. The lowest BCUT2D eigenvalue weighted by Gasteiger charge is -2.30. The molecule has 24 heteroatoms. The van der Waals surface area contributed by atoms with Crippen LogP contribution in [0.25, 0.3) is 17.4 Å². The number of hydrogen-bond acceptors (Lipinski definition) is 20. The molecule has 1 saturated heterocycles. The van der Waals surface area contributed by atoms with E-state index in [9.17, 15) is 40.3 Å². The van der Waals surface area contributed by atoms with Gasteiger partial charge in [0.2, 0.25) is 5.36 Å². The van der Waals surface area contributed by atoms with Crippen molar-refractivity contribution in [1.82, 2.24) is 9.64 Å². The number of carbonyl (C=O) groups is 3. The molecule has 78 heavy (non-hydrogen) atoms. The minimum absolute atomic E-state index is 0.0100. The highest BCUT2D eigenvalue weighted by Crippen LogP contribution is 2.51. The van der Waals surface area contributed by atoms with Crippen LogP contribution in [0.5, 0.6) is 0 Å². The van der Waals surface area contributed by atoms with Crippen LogP contribution < -0.4 is 14.8 Å². The molecule has 1 aliphatic carbocycles. The van der Waals surface area contributed by atoms with Crippen molar-refractivity contribution >= 4 is 49.8 Å². The zero-order valence-corrected chi connectivity index (χ0v) is 47.3. The van der Waals surface area contributed by atoms with Crippen molar-refractivity contribution in [1.29, 1.82) is 0 Å². The fourth-order valence-corrected chi connectivity index (χ4v) is 9.88. The summed E-state index contributed by atoms with van der Waals surface area (Å²) < 4.78 is 125. The van der Waals surface area contributed by atoms with Crippen molar-refractivity contribution in [3.63, 3.8) is 0 Å². The maximum atomic E-state index is 13.0. The van der Waals surface area contributed by atoms with Crippen LogP contribution in [0.1, 0.15) is 83.1 Å². The monoisotopic (exact) mass is 1130 g/mol. The molecule has 0 bridgehead atoms. The Kier molecular flexibility index (Phi) is 25.5. The number of ether oxygens (including phenoxy) is 8. The van der Waals surface area contributed by atoms with Crippen molar-refractivity contribution in [2.75, 3.05) is 137 Å². The quantitative estimate of drug-likeness (QED) is 0.0342. The van der Waals surface area contributed by atoms with Crippen LogP contribution in [-0.4, -0.2) is 181 Å². The summed E-state index contributed by atoms with van der Waals surface area (Å²) in [5, 5.41) is 1.31. The molecule has 3 heterocycles. The Labute approximate surface area is 458 Å². The lowest BCUT2D eigenvalue weighted by atomic mass is 9.77. The molecule has 1 fully saturated rings. The number of rotatable bonds is 36. The Morgan fingerprint density at radius 2 is 1.29 bits per heavy atom. The van der Waals surface area contributed by atoms with E-state index < -0.39 is 54.1 Å². The van der Waals surface area contributed by atoms with Gasteiger partial charge in [0.05, 0.1) is 100 Å². The van der Waals surface area contributed by atoms with Crippen LogP contribution in [0.2, 0.25) is 0 Å². The van der Waals surface area contributed by atoms with Crippen molar-refractivity contribution in [2.24, 2.45) is 0 Å². The summed E-state index contributed by atoms with van der Waals surface area (Å²) in [6, 6.07) is 11.9. The third kappa shape index (κ3) is 20.0. The van der Waals surface area contributed by atoms with Gasteiger partial charge in [-0.1, -0.05) is 26.8 Å². The number of methoxy groups -OCH3 is 2. The summed E-state index contributed by atoms with van der Waals surface area (Å²) >= 11 is 0. The smallest absolute Gasteiger partial charge is 0.333 e. The fourth-order valence-electron chi connectivity index (χ4n) is 8.90. The number of anilines is 1. The van der Waals surface area contributed by atoms with Crippen molar-refractivity contribution in [3.8, 4) is 11.3 Å². The number of hydrogen-bond donors (Lipinski definition) is 0. The highest BCUT2D eigenvalue weighted by molar-refractivity contribution is 7.86. The van der Waals surface area contributed by atoms with Gasteiger partial charge in [-0.3, -0.25) is 9.59 Å². The largest absolute Gasteiger partial charge is 0.748 e. The molecule has 434 valence electrons. The van der Waals surface area contributed by atoms with Crippen LogP contribution in [0.4, 0.5) is 5.69 Å². The van der Waals surface area contributed by atoms with Gasteiger partial charge in [-0.25, -0.2) is 26.2 Å². The first kappa shape index (κ1) is 63.9. The number of benzene rings is 2. The van der Waals surface area contributed by atoms with Crippen molar-refractivity contribution < 1.29 is 87.5 Å².